The summed E-state index contributed by atoms with van der Waals surface area (Å²) in [6.07, 6.45) is 0. The van der Waals surface area contributed by atoms with Gasteiger partial charge in [-0.25, -0.2) is 0 Å². The molecule has 0 aliphatic rings. The van der Waals surface area contributed by atoms with Gasteiger partial charge in [0.2, 0.25) is 0 Å². The molecule has 8 heteroatoms. The predicted molar refractivity (Wildman–Crippen MR) is 58.8 cm³/mol. The second-order valence-electron chi connectivity index (χ2n) is 2.81. The summed E-state index contributed by atoms with van der Waals surface area (Å²) >= 11 is -1.45. The van der Waals surface area contributed by atoms with Gasteiger partial charge < -0.3 is 0 Å². The molecule has 2 N–H and O–H groups in total. The summed E-state index contributed by atoms with van der Waals surface area (Å²) < 4.78 is 21.3. The fourth-order valence-corrected chi connectivity index (χ4v) is 3.87. The quantitative estimate of drug-likeness (QED) is 0.470. The summed E-state index contributed by atoms with van der Waals surface area (Å²) in [5, 5.41) is 8.61. The summed E-state index contributed by atoms with van der Waals surface area (Å²) in [6.45, 7) is 1.18. The molecule has 0 radical (unpaired) electrons. The van der Waals surface area contributed by atoms with E-state index in [1.165, 1.54) is 19.1 Å². The van der Waals surface area contributed by atoms with Crippen LogP contribution >= 0.6 is 15.9 Å². The zero-order valence-corrected chi connectivity index (χ0v) is 11.7. The van der Waals surface area contributed by atoms with Gasteiger partial charge >= 0.3 is 103 Å². The van der Waals surface area contributed by atoms with Gasteiger partial charge in [0.1, 0.15) is 0 Å². The summed E-state index contributed by atoms with van der Waals surface area (Å²) in [7, 11) is 0. The molecule has 1 aromatic rings. The average Bonchev–Trinajstić information content (AvgIpc) is 2.26. The van der Waals surface area contributed by atoms with Gasteiger partial charge in [-0.3, -0.25) is 0 Å². The second kappa shape index (κ2) is 5.65. The molecular weight excluding hydrogens is 345 g/mol. The fraction of sp³-hybridized carbons (Fsp3) is 0.125. The van der Waals surface area contributed by atoms with Crippen molar-refractivity contribution < 1.29 is 21.5 Å². The molecule has 0 saturated heterocycles. The van der Waals surface area contributed by atoms with Crippen molar-refractivity contribution in [2.45, 2.75) is 6.92 Å². The van der Waals surface area contributed by atoms with Crippen LogP contribution in [0.2, 0.25) is 0 Å². The summed E-state index contributed by atoms with van der Waals surface area (Å²) in [6, 6.07) is 6.24. The Labute approximate surface area is 103 Å². The maximum atomic E-state index is 12.0. The van der Waals surface area contributed by atoms with Gasteiger partial charge in [-0.05, 0) is 0 Å². The van der Waals surface area contributed by atoms with Gasteiger partial charge in [0.05, 0.1) is 0 Å². The molecular formula is C8H9AsBrNO5. The van der Waals surface area contributed by atoms with E-state index >= 15 is 0 Å². The van der Waals surface area contributed by atoms with Crippen LogP contribution in [0.4, 0.5) is 0 Å². The Balaban J connectivity index is 2.96. The van der Waals surface area contributed by atoms with Crippen LogP contribution in [-0.2, 0) is 16.2 Å². The number of carbonyl (C=O) groups excluding carboxylic acids is 1. The Morgan fingerprint density at radius 1 is 1.56 bits per heavy atom. The van der Waals surface area contributed by atoms with Gasteiger partial charge in [0.15, 0.2) is 0 Å². The monoisotopic (exact) mass is 353 g/mol. The van der Waals surface area contributed by atoms with Crippen molar-refractivity contribution >= 4 is 40.4 Å². The molecule has 0 aromatic heterocycles. The molecule has 0 bridgehead atoms. The summed E-state index contributed by atoms with van der Waals surface area (Å²) in [4.78, 5) is 10.6. The first-order valence-corrected chi connectivity index (χ1v) is 8.15. The molecule has 1 amide bonds. The summed E-state index contributed by atoms with van der Waals surface area (Å²) in [5.41, 5.74) is 1.88. The number of hydroxylamine groups is 1. The normalized spacial score (nSPS) is 14.2. The number of benzene rings is 1. The topological polar surface area (TPSA) is 84.9 Å². The molecule has 0 heterocycles. The van der Waals surface area contributed by atoms with Crippen LogP contribution in [0.25, 0.3) is 0 Å². The molecule has 1 rings (SSSR count). The molecule has 1 unspecified atom stereocenters. The molecule has 6 nitrogen and oxygen atoms in total. The van der Waals surface area contributed by atoms with Crippen LogP contribution in [0.15, 0.2) is 28.7 Å². The van der Waals surface area contributed by atoms with Crippen molar-refractivity contribution in [3.8, 4) is 0 Å². The first-order valence-electron chi connectivity index (χ1n) is 4.12. The van der Waals surface area contributed by atoms with E-state index in [4.69, 9.17) is 5.26 Å². The van der Waals surface area contributed by atoms with Crippen LogP contribution in [0.3, 0.4) is 0 Å². The number of carbonyl (C=O) groups is 1. The molecule has 16 heavy (non-hydrogen) atoms. The van der Waals surface area contributed by atoms with Gasteiger partial charge in [-0.1, -0.05) is 0 Å². The van der Waals surface area contributed by atoms with Gasteiger partial charge in [0.25, 0.3) is 0 Å². The maximum absolute atomic E-state index is 12.0. The van der Waals surface area contributed by atoms with E-state index in [-0.39, 0.29) is 4.35 Å². The third-order valence-corrected chi connectivity index (χ3v) is 5.09. The van der Waals surface area contributed by atoms with Crippen LogP contribution in [-0.4, -0.2) is 25.3 Å². The van der Waals surface area contributed by atoms with Crippen LogP contribution in [0.5, 0.6) is 0 Å². The van der Waals surface area contributed by atoms with E-state index in [1.807, 2.05) is 5.48 Å². The average molecular weight is 354 g/mol. The Hall–Kier alpha value is -0.592. The molecule has 88 valence electrons. The van der Waals surface area contributed by atoms with E-state index in [2.05, 4.69) is 23.6 Å². The van der Waals surface area contributed by atoms with E-state index in [1.54, 1.807) is 12.1 Å². The van der Waals surface area contributed by atoms with Crippen LogP contribution in [0, 0.1) is 0 Å². The van der Waals surface area contributed by atoms with Crippen molar-refractivity contribution in [1.82, 2.24) is 5.48 Å². The second-order valence-corrected chi connectivity index (χ2v) is 7.62. The van der Waals surface area contributed by atoms with E-state index in [9.17, 15) is 8.53 Å². The van der Waals surface area contributed by atoms with Crippen molar-refractivity contribution in [3.63, 3.8) is 0 Å². The number of rotatable bonds is 4. The Bertz CT molecular complexity index is 438. The van der Waals surface area contributed by atoms with Gasteiger partial charge in [0, 0.05) is 0 Å². The number of halogens is 1. The Morgan fingerprint density at radius 2 is 2.25 bits per heavy atom. The number of hydrogen-bond acceptors (Lipinski definition) is 5. The Morgan fingerprint density at radius 3 is 2.75 bits per heavy atom. The number of amides is 1. The van der Waals surface area contributed by atoms with Crippen molar-refractivity contribution in [2.75, 3.05) is 0 Å². The van der Waals surface area contributed by atoms with Crippen molar-refractivity contribution in [3.05, 3.63) is 28.7 Å². The molecule has 0 aliphatic carbocycles. The summed E-state index contributed by atoms with van der Waals surface area (Å²) in [5.74, 6) is -0.548. The van der Waals surface area contributed by atoms with Crippen molar-refractivity contribution in [2.24, 2.45) is 0 Å². The molecule has 1 aromatic carbocycles. The third kappa shape index (κ3) is 3.47. The first-order chi connectivity index (χ1) is 7.48. The van der Waals surface area contributed by atoms with E-state index in [0.29, 0.717) is 4.47 Å². The third-order valence-electron chi connectivity index (χ3n) is 1.54. The number of hydrogen-bond donors (Lipinski definition) is 2. The van der Waals surface area contributed by atoms with Crippen LogP contribution < -0.4 is 9.83 Å². The fourth-order valence-electron chi connectivity index (χ4n) is 0.887. The van der Waals surface area contributed by atoms with Gasteiger partial charge in [-0.15, -0.1) is 0 Å². The molecule has 1 atom stereocenters. The van der Waals surface area contributed by atoms with E-state index in [0.717, 1.165) is 0 Å². The Kier molecular flexibility index (Phi) is 4.76. The predicted octanol–water partition coefficient (Wildman–Crippen LogP) is 0.583. The minimum atomic E-state index is -4.62. The minimum absolute atomic E-state index is 0.170. The molecule has 0 spiro atoms. The van der Waals surface area contributed by atoms with Gasteiger partial charge in [-0.2, -0.15) is 0 Å². The standard InChI is InChI=1S/C8H9AsBrNO5/c1-6(12)11-15-9(13,16-14)7-3-2-4-8(10)5-7/h2-5,14H,1H3,(H,11,12). The SMILES string of the molecule is CC(=O)NO[As](=O)(OO)c1cccc(Br)c1. The van der Waals surface area contributed by atoms with Crippen LogP contribution in [0.1, 0.15) is 6.92 Å². The van der Waals surface area contributed by atoms with Crippen molar-refractivity contribution in [1.29, 1.82) is 0 Å². The molecule has 0 aliphatic heterocycles. The number of nitrogens with one attached hydrogen (secondary N) is 1. The zero-order chi connectivity index (χ0) is 12.2. The zero-order valence-electron chi connectivity index (χ0n) is 8.21. The molecule has 0 fully saturated rings. The first kappa shape index (κ1) is 13.5. The van der Waals surface area contributed by atoms with E-state index < -0.39 is 20.1 Å². The molecule has 0 saturated carbocycles.